The van der Waals surface area contributed by atoms with Crippen LogP contribution in [-0.4, -0.2) is 12.0 Å². The van der Waals surface area contributed by atoms with E-state index in [1.165, 1.54) is 5.39 Å². The van der Waals surface area contributed by atoms with E-state index in [9.17, 15) is 4.79 Å². The topological polar surface area (TPSA) is 52.3 Å². The lowest BCUT2D eigenvalue weighted by molar-refractivity contribution is -0.146. The Morgan fingerprint density at radius 2 is 1.54 bits per heavy atom. The molecule has 0 saturated carbocycles. The highest BCUT2D eigenvalue weighted by Crippen LogP contribution is 2.16. The first kappa shape index (κ1) is 18.0. The van der Waals surface area contributed by atoms with Crippen LogP contribution in [0.5, 0.6) is 0 Å². The quantitative estimate of drug-likeness (QED) is 0.717. The Morgan fingerprint density at radius 1 is 0.875 bits per heavy atom. The number of hydrogen-bond acceptors (Lipinski definition) is 3. The van der Waals surface area contributed by atoms with Gasteiger partial charge in [0.05, 0.1) is 0 Å². The van der Waals surface area contributed by atoms with Gasteiger partial charge in [0.1, 0.15) is 12.6 Å². The van der Waals surface area contributed by atoms with Gasteiger partial charge in [-0.3, -0.25) is 4.79 Å². The van der Waals surface area contributed by atoms with Gasteiger partial charge in [-0.1, -0.05) is 72.8 Å². The summed E-state index contributed by atoms with van der Waals surface area (Å²) in [6, 6.07) is 23.2. The molecule has 3 nitrogen and oxygen atoms in total. The number of fused-ring (bicyclic) bond motifs is 1. The lowest BCUT2D eigenvalue weighted by Crippen LogP contribution is -2.34. The summed E-state index contributed by atoms with van der Waals surface area (Å²) < 4.78 is 5.29. The summed E-state index contributed by atoms with van der Waals surface area (Å²) in [5, 5.41) is 2.33. The Morgan fingerprint density at radius 3 is 2.29 bits per heavy atom. The molecule has 0 amide bonds. The fraction of sp³-hybridized carbons (Fsp3) is 0.150. The van der Waals surface area contributed by atoms with Crippen LogP contribution in [0.3, 0.4) is 0 Å². The molecule has 0 heterocycles. The molecule has 3 rings (SSSR count). The molecule has 0 bridgehead atoms. The fourth-order valence-electron chi connectivity index (χ4n) is 2.54. The first-order valence-electron chi connectivity index (χ1n) is 7.66. The van der Waals surface area contributed by atoms with Gasteiger partial charge < -0.3 is 10.5 Å². The zero-order chi connectivity index (χ0) is 16.1. The molecule has 0 spiro atoms. The number of halogens is 1. The molecule has 0 aliphatic heterocycles. The van der Waals surface area contributed by atoms with Crippen molar-refractivity contribution in [2.45, 2.75) is 19.1 Å². The van der Waals surface area contributed by atoms with Crippen molar-refractivity contribution in [2.24, 2.45) is 5.73 Å². The predicted octanol–water partition coefficient (Wildman–Crippen LogP) is 3.87. The third-order valence-corrected chi connectivity index (χ3v) is 3.80. The van der Waals surface area contributed by atoms with Gasteiger partial charge in [-0.15, -0.1) is 12.4 Å². The van der Waals surface area contributed by atoms with Crippen LogP contribution in [0.25, 0.3) is 10.8 Å². The molecule has 0 aromatic heterocycles. The van der Waals surface area contributed by atoms with E-state index in [4.69, 9.17) is 10.5 Å². The number of carbonyl (C=O) groups is 1. The maximum absolute atomic E-state index is 12.0. The Bertz CT molecular complexity index is 805. The second-order valence-electron chi connectivity index (χ2n) is 5.59. The summed E-state index contributed by atoms with van der Waals surface area (Å²) in [7, 11) is 0. The zero-order valence-corrected chi connectivity index (χ0v) is 14.0. The van der Waals surface area contributed by atoms with Crippen molar-refractivity contribution in [3.8, 4) is 0 Å². The van der Waals surface area contributed by atoms with E-state index in [-0.39, 0.29) is 25.0 Å². The first-order chi connectivity index (χ1) is 11.2. The standard InChI is InChI=1S/C20H19NO2.ClH/c21-19(20(22)23-14-15-6-2-1-3-7-15)13-16-10-11-17-8-4-5-9-18(17)12-16;/h1-12,19H,13-14,21H2;1H/t19-;/m1./s1. The minimum Gasteiger partial charge on any atom is -0.460 e. The van der Waals surface area contributed by atoms with Gasteiger partial charge in [-0.05, 0) is 28.3 Å². The lowest BCUT2D eigenvalue weighted by atomic mass is 10.0. The maximum Gasteiger partial charge on any atom is 0.323 e. The summed E-state index contributed by atoms with van der Waals surface area (Å²) in [4.78, 5) is 12.0. The maximum atomic E-state index is 12.0. The summed E-state index contributed by atoms with van der Waals surface area (Å²) in [5.41, 5.74) is 7.98. The van der Waals surface area contributed by atoms with Gasteiger partial charge >= 0.3 is 5.97 Å². The van der Waals surface area contributed by atoms with E-state index in [1.807, 2.05) is 54.6 Å². The van der Waals surface area contributed by atoms with Crippen LogP contribution in [-0.2, 0) is 22.6 Å². The van der Waals surface area contributed by atoms with Crippen molar-refractivity contribution in [1.82, 2.24) is 0 Å². The third-order valence-electron chi connectivity index (χ3n) is 3.80. The van der Waals surface area contributed by atoms with Crippen LogP contribution < -0.4 is 5.73 Å². The van der Waals surface area contributed by atoms with Gasteiger partial charge in [-0.2, -0.15) is 0 Å². The molecule has 0 aliphatic rings. The van der Waals surface area contributed by atoms with Crippen LogP contribution in [0.4, 0.5) is 0 Å². The van der Waals surface area contributed by atoms with E-state index in [2.05, 4.69) is 18.2 Å². The van der Waals surface area contributed by atoms with Gasteiger partial charge in [0.2, 0.25) is 0 Å². The molecular formula is C20H20ClNO2. The summed E-state index contributed by atoms with van der Waals surface area (Å²) >= 11 is 0. The van der Waals surface area contributed by atoms with Crippen molar-refractivity contribution < 1.29 is 9.53 Å². The van der Waals surface area contributed by atoms with Crippen molar-refractivity contribution in [3.63, 3.8) is 0 Å². The van der Waals surface area contributed by atoms with Crippen molar-refractivity contribution in [2.75, 3.05) is 0 Å². The van der Waals surface area contributed by atoms with E-state index in [0.717, 1.165) is 16.5 Å². The molecule has 0 radical (unpaired) electrons. The minimum absolute atomic E-state index is 0. The zero-order valence-electron chi connectivity index (χ0n) is 13.2. The normalized spacial score (nSPS) is 11.5. The number of carbonyl (C=O) groups excluding carboxylic acids is 1. The van der Waals surface area contributed by atoms with Crippen LogP contribution in [0.15, 0.2) is 72.8 Å². The van der Waals surface area contributed by atoms with E-state index < -0.39 is 6.04 Å². The van der Waals surface area contributed by atoms with Gasteiger partial charge in [0.25, 0.3) is 0 Å². The van der Waals surface area contributed by atoms with Crippen molar-refractivity contribution >= 4 is 29.1 Å². The van der Waals surface area contributed by atoms with Gasteiger partial charge in [0.15, 0.2) is 0 Å². The lowest BCUT2D eigenvalue weighted by Gasteiger charge is -2.12. The third kappa shape index (κ3) is 4.57. The first-order valence-corrected chi connectivity index (χ1v) is 7.66. The number of nitrogens with two attached hydrogens (primary N) is 1. The second-order valence-corrected chi connectivity index (χ2v) is 5.59. The largest absolute Gasteiger partial charge is 0.460 e. The molecule has 1 atom stereocenters. The highest BCUT2D eigenvalue weighted by Gasteiger charge is 2.16. The van der Waals surface area contributed by atoms with Gasteiger partial charge in [-0.25, -0.2) is 0 Å². The Balaban J connectivity index is 0.00000208. The molecule has 4 heteroatoms. The molecule has 3 aromatic carbocycles. The predicted molar refractivity (Wildman–Crippen MR) is 99.1 cm³/mol. The highest BCUT2D eigenvalue weighted by molar-refractivity contribution is 5.85. The number of rotatable bonds is 5. The molecule has 124 valence electrons. The molecule has 24 heavy (non-hydrogen) atoms. The number of benzene rings is 3. The molecular weight excluding hydrogens is 322 g/mol. The van der Waals surface area contributed by atoms with Crippen LogP contribution >= 0.6 is 12.4 Å². The molecule has 0 aliphatic carbocycles. The second kappa shape index (κ2) is 8.48. The summed E-state index contributed by atoms with van der Waals surface area (Å²) in [6.45, 7) is 0.255. The Labute approximate surface area is 147 Å². The van der Waals surface area contributed by atoms with Crippen molar-refractivity contribution in [1.29, 1.82) is 0 Å². The average Bonchev–Trinajstić information content (AvgIpc) is 2.60. The highest BCUT2D eigenvalue weighted by atomic mass is 35.5. The van der Waals surface area contributed by atoms with E-state index in [1.54, 1.807) is 0 Å². The van der Waals surface area contributed by atoms with Crippen molar-refractivity contribution in [3.05, 3.63) is 83.9 Å². The number of ether oxygens (including phenoxy) is 1. The Kier molecular flexibility index (Phi) is 6.36. The summed E-state index contributed by atoms with van der Waals surface area (Å²) in [5.74, 6) is -0.373. The van der Waals surface area contributed by atoms with Crippen LogP contribution in [0.1, 0.15) is 11.1 Å². The molecule has 2 N–H and O–H groups in total. The molecule has 3 aromatic rings. The smallest absolute Gasteiger partial charge is 0.323 e. The van der Waals surface area contributed by atoms with E-state index in [0.29, 0.717) is 6.42 Å². The van der Waals surface area contributed by atoms with Crippen LogP contribution in [0, 0.1) is 0 Å². The SMILES string of the molecule is Cl.N[C@H](Cc1ccc2ccccc2c1)C(=O)OCc1ccccc1. The number of esters is 1. The molecule has 0 saturated heterocycles. The van der Waals surface area contributed by atoms with E-state index >= 15 is 0 Å². The average molecular weight is 342 g/mol. The summed E-state index contributed by atoms with van der Waals surface area (Å²) in [6.07, 6.45) is 0.471. The monoisotopic (exact) mass is 341 g/mol. The van der Waals surface area contributed by atoms with Crippen LogP contribution in [0.2, 0.25) is 0 Å². The van der Waals surface area contributed by atoms with Gasteiger partial charge in [0, 0.05) is 0 Å². The fourth-order valence-corrected chi connectivity index (χ4v) is 2.54. The molecule has 0 fully saturated rings. The molecule has 0 unspecified atom stereocenters. The number of hydrogen-bond donors (Lipinski definition) is 1. The Hall–Kier alpha value is -2.36. The minimum atomic E-state index is -0.653.